The average molecular weight is 527 g/mol. The number of aromatic nitrogens is 2. The van der Waals surface area contributed by atoms with Crippen molar-refractivity contribution in [2.75, 3.05) is 16.2 Å². The minimum Gasteiger partial charge on any atom is -0.299 e. The quantitative estimate of drug-likeness (QED) is 0.339. The summed E-state index contributed by atoms with van der Waals surface area (Å²) in [5, 5.41) is 11.3. The Kier molecular flexibility index (Phi) is 7.50. The van der Waals surface area contributed by atoms with Crippen molar-refractivity contribution in [3.8, 4) is 0 Å². The molecule has 0 aliphatic carbocycles. The average Bonchev–Trinajstić information content (AvgIpc) is 3.12. The van der Waals surface area contributed by atoms with Gasteiger partial charge in [-0.1, -0.05) is 77.1 Å². The van der Waals surface area contributed by atoms with Crippen LogP contribution >= 0.6 is 39.0 Å². The highest BCUT2D eigenvalue weighted by Gasteiger charge is 2.27. The summed E-state index contributed by atoms with van der Waals surface area (Å²) in [5.41, 5.74) is 0.372. The summed E-state index contributed by atoms with van der Waals surface area (Å²) in [5.74, 6) is -0.508. The first-order chi connectivity index (χ1) is 14.3. The minimum absolute atomic E-state index is 0.101. The van der Waals surface area contributed by atoms with Crippen LogP contribution in [-0.4, -0.2) is 36.3 Å². The first kappa shape index (κ1) is 22.7. The molecule has 1 amide bonds. The molecule has 0 atom stereocenters. The van der Waals surface area contributed by atoms with Crippen LogP contribution in [0.5, 0.6) is 0 Å². The predicted molar refractivity (Wildman–Crippen MR) is 125 cm³/mol. The third-order valence-corrected chi connectivity index (χ3v) is 7.91. The summed E-state index contributed by atoms with van der Waals surface area (Å²) < 4.78 is 29.0. The van der Waals surface area contributed by atoms with Gasteiger partial charge in [0.05, 0.1) is 10.6 Å². The first-order valence-corrected chi connectivity index (χ1v) is 12.8. The molecule has 0 spiro atoms. The van der Waals surface area contributed by atoms with E-state index in [1.807, 2.05) is 13.8 Å². The summed E-state index contributed by atoms with van der Waals surface area (Å²) in [6, 6.07) is 14.8. The van der Waals surface area contributed by atoms with Gasteiger partial charge in [0.15, 0.2) is 4.34 Å². The molecule has 0 aliphatic heterocycles. The van der Waals surface area contributed by atoms with Crippen LogP contribution < -0.4 is 9.62 Å². The van der Waals surface area contributed by atoms with E-state index >= 15 is 0 Å². The highest BCUT2D eigenvalue weighted by Crippen LogP contribution is 2.29. The van der Waals surface area contributed by atoms with Crippen LogP contribution in [-0.2, 0) is 14.8 Å². The number of halogens is 1. The number of sulfonamides is 1. The number of benzene rings is 2. The molecule has 3 rings (SSSR count). The Morgan fingerprint density at radius 3 is 2.57 bits per heavy atom. The zero-order chi connectivity index (χ0) is 21.7. The lowest BCUT2D eigenvalue weighted by atomic mass is 10.3. The van der Waals surface area contributed by atoms with Crippen LogP contribution in [0.2, 0.25) is 0 Å². The third-order valence-electron chi connectivity index (χ3n) is 3.70. The van der Waals surface area contributed by atoms with Gasteiger partial charge in [-0.05, 0) is 30.3 Å². The van der Waals surface area contributed by atoms with Crippen molar-refractivity contribution in [3.63, 3.8) is 0 Å². The van der Waals surface area contributed by atoms with E-state index in [4.69, 9.17) is 0 Å². The topological polar surface area (TPSA) is 92.3 Å². The largest absolute Gasteiger partial charge is 0.299 e. The zero-order valence-corrected chi connectivity index (χ0v) is 20.2. The molecule has 0 fully saturated rings. The van der Waals surface area contributed by atoms with Gasteiger partial charge in [0.2, 0.25) is 11.0 Å². The third kappa shape index (κ3) is 5.81. The summed E-state index contributed by atoms with van der Waals surface area (Å²) in [6.45, 7) is 3.67. The molecule has 0 radical (unpaired) electrons. The fraction of sp³-hybridized carbons (Fsp3) is 0.211. The second-order valence-electron chi connectivity index (χ2n) is 6.39. The molecule has 3 aromatic rings. The van der Waals surface area contributed by atoms with Gasteiger partial charge in [0.1, 0.15) is 6.54 Å². The predicted octanol–water partition coefficient (Wildman–Crippen LogP) is 4.64. The van der Waals surface area contributed by atoms with Crippen molar-refractivity contribution in [1.29, 1.82) is 0 Å². The fourth-order valence-corrected chi connectivity index (χ4v) is 6.28. The number of carbonyl (C=O) groups excluding carboxylic acids is 1. The van der Waals surface area contributed by atoms with Gasteiger partial charge in [0.25, 0.3) is 10.0 Å². The number of rotatable bonds is 8. The Labute approximate surface area is 192 Å². The van der Waals surface area contributed by atoms with Crippen LogP contribution in [0.1, 0.15) is 13.8 Å². The lowest BCUT2D eigenvalue weighted by molar-refractivity contribution is -0.114. The number of carbonyl (C=O) groups is 1. The van der Waals surface area contributed by atoms with Crippen LogP contribution in [0.15, 0.2) is 68.3 Å². The Balaban J connectivity index is 1.86. The normalized spacial score (nSPS) is 11.5. The molecule has 11 heteroatoms. The molecular formula is C19H19BrN4O3S3. The SMILES string of the molecule is CC(C)Sc1nnc(NC(=O)CN(c2cccc(Br)c2)S(=O)(=O)c2ccccc2)s1. The first-order valence-electron chi connectivity index (χ1n) is 8.89. The molecule has 7 nitrogen and oxygen atoms in total. The minimum atomic E-state index is -3.95. The molecule has 30 heavy (non-hydrogen) atoms. The Bertz CT molecular complexity index is 1120. The number of thioether (sulfide) groups is 1. The van der Waals surface area contributed by atoms with Crippen molar-refractivity contribution >= 4 is 65.8 Å². The van der Waals surface area contributed by atoms with Gasteiger partial charge in [-0.3, -0.25) is 14.4 Å². The van der Waals surface area contributed by atoms with Gasteiger partial charge in [-0.2, -0.15) is 0 Å². The summed E-state index contributed by atoms with van der Waals surface area (Å²) >= 11 is 6.15. The maximum absolute atomic E-state index is 13.3. The molecule has 1 N–H and O–H groups in total. The van der Waals surface area contributed by atoms with E-state index in [-0.39, 0.29) is 4.90 Å². The molecule has 0 saturated heterocycles. The Morgan fingerprint density at radius 2 is 1.90 bits per heavy atom. The fourth-order valence-electron chi connectivity index (χ4n) is 2.46. The number of hydrogen-bond donors (Lipinski definition) is 1. The molecule has 0 unspecified atom stereocenters. The van der Waals surface area contributed by atoms with Crippen LogP contribution in [0.25, 0.3) is 0 Å². The number of amides is 1. The Morgan fingerprint density at radius 1 is 1.17 bits per heavy atom. The Hall–Kier alpha value is -1.95. The van der Waals surface area contributed by atoms with Crippen LogP contribution in [0, 0.1) is 0 Å². The van der Waals surface area contributed by atoms with Gasteiger partial charge in [-0.15, -0.1) is 10.2 Å². The summed E-state index contributed by atoms with van der Waals surface area (Å²) in [7, 11) is -3.95. The van der Waals surface area contributed by atoms with Gasteiger partial charge in [-0.25, -0.2) is 8.42 Å². The second-order valence-corrected chi connectivity index (χ2v) is 12.0. The van der Waals surface area contributed by atoms with E-state index in [0.29, 0.717) is 20.5 Å². The van der Waals surface area contributed by atoms with Crippen LogP contribution in [0.4, 0.5) is 10.8 Å². The molecule has 0 bridgehead atoms. The van der Waals surface area contributed by atoms with E-state index in [0.717, 1.165) is 8.64 Å². The number of nitrogens with zero attached hydrogens (tertiary/aromatic N) is 3. The number of anilines is 2. The van der Waals surface area contributed by atoms with E-state index < -0.39 is 22.5 Å². The molecule has 1 aromatic heterocycles. The van der Waals surface area contributed by atoms with Crippen molar-refractivity contribution < 1.29 is 13.2 Å². The monoisotopic (exact) mass is 526 g/mol. The molecule has 158 valence electrons. The molecule has 2 aromatic carbocycles. The van der Waals surface area contributed by atoms with Gasteiger partial charge in [0, 0.05) is 9.72 Å². The van der Waals surface area contributed by atoms with Gasteiger partial charge < -0.3 is 0 Å². The highest BCUT2D eigenvalue weighted by atomic mass is 79.9. The lowest BCUT2D eigenvalue weighted by Gasteiger charge is -2.24. The van der Waals surface area contributed by atoms with E-state index in [2.05, 4.69) is 31.4 Å². The van der Waals surface area contributed by atoms with E-state index in [9.17, 15) is 13.2 Å². The molecule has 0 saturated carbocycles. The number of nitrogens with one attached hydrogen (secondary N) is 1. The second kappa shape index (κ2) is 9.90. The summed E-state index contributed by atoms with van der Waals surface area (Å²) in [4.78, 5) is 12.8. The van der Waals surface area contributed by atoms with Crippen LogP contribution in [0.3, 0.4) is 0 Å². The van der Waals surface area contributed by atoms with E-state index in [1.54, 1.807) is 54.2 Å². The van der Waals surface area contributed by atoms with Crippen molar-refractivity contribution in [3.05, 3.63) is 59.1 Å². The van der Waals surface area contributed by atoms with Crippen molar-refractivity contribution in [2.24, 2.45) is 0 Å². The van der Waals surface area contributed by atoms with Crippen molar-refractivity contribution in [1.82, 2.24) is 10.2 Å². The lowest BCUT2D eigenvalue weighted by Crippen LogP contribution is -2.38. The highest BCUT2D eigenvalue weighted by molar-refractivity contribution is 9.10. The maximum atomic E-state index is 13.3. The zero-order valence-electron chi connectivity index (χ0n) is 16.1. The van der Waals surface area contributed by atoms with Gasteiger partial charge >= 0.3 is 0 Å². The maximum Gasteiger partial charge on any atom is 0.264 e. The molecular weight excluding hydrogens is 508 g/mol. The standard InChI is InChI=1S/C19H19BrN4O3S3/c1-13(2)28-19-23-22-18(29-19)21-17(25)12-24(15-8-6-7-14(20)11-15)30(26,27)16-9-4-3-5-10-16/h3-11,13H,12H2,1-2H3,(H,21,22,25). The summed E-state index contributed by atoms with van der Waals surface area (Å²) in [6.07, 6.45) is 0. The molecule has 0 aliphatic rings. The number of hydrogen-bond acceptors (Lipinski definition) is 7. The van der Waals surface area contributed by atoms with Crippen molar-refractivity contribution in [2.45, 2.75) is 28.3 Å². The molecule has 1 heterocycles. The smallest absolute Gasteiger partial charge is 0.264 e. The van der Waals surface area contributed by atoms with E-state index in [1.165, 1.54) is 23.5 Å².